The van der Waals surface area contributed by atoms with Gasteiger partial charge in [0.25, 0.3) is 0 Å². The summed E-state index contributed by atoms with van der Waals surface area (Å²) in [7, 11) is 0. The molecule has 0 radical (unpaired) electrons. The fourth-order valence-corrected chi connectivity index (χ4v) is 4.14. The summed E-state index contributed by atoms with van der Waals surface area (Å²) in [5.74, 6) is -4.07. The highest BCUT2D eigenvalue weighted by molar-refractivity contribution is 6.30. The Morgan fingerprint density at radius 3 is 2.55 bits per heavy atom. The molecule has 0 amide bonds. The topological polar surface area (TPSA) is 73.4 Å². The van der Waals surface area contributed by atoms with Crippen LogP contribution in [0.2, 0.25) is 5.02 Å². The van der Waals surface area contributed by atoms with Gasteiger partial charge >= 0.3 is 12.1 Å². The molecule has 1 N–H and O–H groups in total. The van der Waals surface area contributed by atoms with Crippen LogP contribution in [0.3, 0.4) is 0 Å². The van der Waals surface area contributed by atoms with Crippen LogP contribution >= 0.6 is 11.6 Å². The summed E-state index contributed by atoms with van der Waals surface area (Å²) < 4.78 is 51.9. The Bertz CT molecular complexity index is 850. The van der Waals surface area contributed by atoms with Crippen LogP contribution in [0.4, 0.5) is 17.6 Å². The van der Waals surface area contributed by atoms with Crippen molar-refractivity contribution < 1.29 is 27.5 Å². The maximum Gasteiger partial charge on any atom is 0.389 e. The predicted molar refractivity (Wildman–Crippen MR) is 100 cm³/mol. The van der Waals surface area contributed by atoms with E-state index in [1.54, 1.807) is 6.92 Å². The molecule has 1 aliphatic rings. The number of carboxylic acids is 1. The Labute approximate surface area is 171 Å². The molecule has 4 unspecified atom stereocenters. The number of benzene rings is 1. The Morgan fingerprint density at radius 2 is 2.03 bits per heavy atom. The number of nitriles is 1. The summed E-state index contributed by atoms with van der Waals surface area (Å²) in [5.41, 5.74) is -1.31. The SMILES string of the molecule is CC1=NC(CCCCC(F)(F)F)C(C)(C(=O)O)C(c2ccc(Cl)cc2F)C1C#N. The first-order valence-corrected chi connectivity index (χ1v) is 9.48. The van der Waals surface area contributed by atoms with Gasteiger partial charge in [-0.15, -0.1) is 0 Å². The van der Waals surface area contributed by atoms with Crippen LogP contribution in [-0.4, -0.2) is 29.0 Å². The van der Waals surface area contributed by atoms with Gasteiger partial charge in [-0.05, 0) is 44.4 Å². The van der Waals surface area contributed by atoms with E-state index in [0.29, 0.717) is 5.71 Å². The Kier molecular flexibility index (Phi) is 6.94. The fourth-order valence-electron chi connectivity index (χ4n) is 3.98. The van der Waals surface area contributed by atoms with Crippen LogP contribution in [0.15, 0.2) is 23.2 Å². The minimum atomic E-state index is -4.29. The summed E-state index contributed by atoms with van der Waals surface area (Å²) in [5, 5.41) is 19.8. The molecule has 1 aliphatic heterocycles. The van der Waals surface area contributed by atoms with Crippen molar-refractivity contribution >= 4 is 23.3 Å². The van der Waals surface area contributed by atoms with Gasteiger partial charge < -0.3 is 5.11 Å². The van der Waals surface area contributed by atoms with Crippen LogP contribution in [0.5, 0.6) is 0 Å². The van der Waals surface area contributed by atoms with Crippen molar-refractivity contribution in [1.29, 1.82) is 5.26 Å². The van der Waals surface area contributed by atoms with Crippen molar-refractivity contribution in [2.24, 2.45) is 16.3 Å². The largest absolute Gasteiger partial charge is 0.481 e. The van der Waals surface area contributed by atoms with Crippen LogP contribution < -0.4 is 0 Å². The molecule has 4 nitrogen and oxygen atoms in total. The zero-order valence-corrected chi connectivity index (χ0v) is 16.7. The maximum absolute atomic E-state index is 14.7. The molecule has 1 heterocycles. The second kappa shape index (κ2) is 8.70. The summed E-state index contributed by atoms with van der Waals surface area (Å²) in [6.07, 6.45) is -5.23. The highest BCUT2D eigenvalue weighted by Gasteiger charge is 2.55. The summed E-state index contributed by atoms with van der Waals surface area (Å²) in [6, 6.07) is 4.94. The highest BCUT2D eigenvalue weighted by atomic mass is 35.5. The molecular weight excluding hydrogens is 412 g/mol. The van der Waals surface area contributed by atoms with Crippen molar-refractivity contribution in [1.82, 2.24) is 0 Å². The van der Waals surface area contributed by atoms with E-state index >= 15 is 0 Å². The lowest BCUT2D eigenvalue weighted by Crippen LogP contribution is -2.51. The van der Waals surface area contributed by atoms with E-state index in [1.165, 1.54) is 19.1 Å². The Balaban J connectivity index is 2.46. The average Bonchev–Trinajstić information content (AvgIpc) is 2.60. The number of hydrogen-bond donors (Lipinski definition) is 1. The lowest BCUT2D eigenvalue weighted by molar-refractivity contribution is -0.152. The van der Waals surface area contributed by atoms with Crippen LogP contribution in [0, 0.1) is 28.5 Å². The van der Waals surface area contributed by atoms with Crippen LogP contribution in [0.1, 0.15) is 51.0 Å². The molecule has 0 bridgehead atoms. The van der Waals surface area contributed by atoms with E-state index in [1.807, 2.05) is 6.07 Å². The molecule has 1 aromatic rings. The van der Waals surface area contributed by atoms with Gasteiger partial charge in [0, 0.05) is 23.1 Å². The normalized spacial score (nSPS) is 27.2. The second-order valence-electron chi connectivity index (χ2n) is 7.49. The monoisotopic (exact) mass is 432 g/mol. The molecule has 29 heavy (non-hydrogen) atoms. The Hall–Kier alpha value is -2.14. The van der Waals surface area contributed by atoms with Crippen molar-refractivity contribution in [2.75, 3.05) is 0 Å². The van der Waals surface area contributed by atoms with Gasteiger partial charge in [0.2, 0.25) is 0 Å². The minimum absolute atomic E-state index is 0.0281. The quantitative estimate of drug-likeness (QED) is 0.458. The molecule has 9 heteroatoms. The molecule has 0 saturated heterocycles. The number of nitrogens with zero attached hydrogens (tertiary/aromatic N) is 2. The molecule has 4 atom stereocenters. The molecule has 0 fully saturated rings. The number of aliphatic carboxylic acids is 1. The van der Waals surface area contributed by atoms with Gasteiger partial charge in [-0.3, -0.25) is 9.79 Å². The van der Waals surface area contributed by atoms with E-state index in [0.717, 1.165) is 6.07 Å². The minimum Gasteiger partial charge on any atom is -0.481 e. The maximum atomic E-state index is 14.7. The number of halogens is 5. The van der Waals surface area contributed by atoms with E-state index in [4.69, 9.17) is 11.6 Å². The molecule has 0 aromatic heterocycles. The number of carbonyl (C=O) groups is 1. The third-order valence-corrected chi connectivity index (χ3v) is 5.80. The lowest BCUT2D eigenvalue weighted by Gasteiger charge is -2.44. The number of hydrogen-bond acceptors (Lipinski definition) is 3. The molecule has 2 rings (SSSR count). The summed E-state index contributed by atoms with van der Waals surface area (Å²) in [6.45, 7) is 2.93. The van der Waals surface area contributed by atoms with E-state index in [-0.39, 0.29) is 29.8 Å². The molecule has 0 saturated carbocycles. The zero-order valence-electron chi connectivity index (χ0n) is 15.9. The van der Waals surface area contributed by atoms with E-state index in [2.05, 4.69) is 4.99 Å². The van der Waals surface area contributed by atoms with Gasteiger partial charge in [-0.2, -0.15) is 18.4 Å². The zero-order chi connectivity index (χ0) is 22.0. The molecule has 0 spiro atoms. The van der Waals surface area contributed by atoms with E-state index < -0.39 is 47.7 Å². The number of aliphatic imine (C=N–C) groups is 1. The number of alkyl halides is 3. The molecule has 158 valence electrons. The lowest BCUT2D eigenvalue weighted by atomic mass is 9.60. The van der Waals surface area contributed by atoms with Gasteiger partial charge in [-0.25, -0.2) is 4.39 Å². The summed E-state index contributed by atoms with van der Waals surface area (Å²) >= 11 is 5.80. The van der Waals surface area contributed by atoms with Crippen LogP contribution in [-0.2, 0) is 4.79 Å². The predicted octanol–water partition coefficient (Wildman–Crippen LogP) is 5.76. The van der Waals surface area contributed by atoms with Crippen molar-refractivity contribution in [3.05, 3.63) is 34.6 Å². The highest BCUT2D eigenvalue weighted by Crippen LogP contribution is 2.50. The van der Waals surface area contributed by atoms with Gasteiger partial charge in [-0.1, -0.05) is 24.1 Å². The first kappa shape index (κ1) is 23.1. The standard InChI is InChI=1S/C20H21ClF4N2O2/c1-11-14(10-26)17(13-7-6-12(21)9-15(13)22)19(2,18(28)29)16(27-11)5-3-4-8-20(23,24)25/h6-7,9,14,16-17H,3-5,8H2,1-2H3,(H,28,29). The molecular formula is C20H21ClF4N2O2. The number of carboxylic acid groups (broad SMARTS) is 1. The van der Waals surface area contributed by atoms with Crippen molar-refractivity contribution in [3.63, 3.8) is 0 Å². The molecule has 1 aromatic carbocycles. The van der Waals surface area contributed by atoms with Gasteiger partial charge in [0.05, 0.1) is 23.4 Å². The third kappa shape index (κ3) is 4.89. The first-order valence-electron chi connectivity index (χ1n) is 9.10. The first-order chi connectivity index (χ1) is 13.4. The summed E-state index contributed by atoms with van der Waals surface area (Å²) in [4.78, 5) is 16.7. The number of rotatable bonds is 6. The second-order valence-corrected chi connectivity index (χ2v) is 7.92. The Morgan fingerprint density at radius 1 is 1.38 bits per heavy atom. The molecule has 0 aliphatic carbocycles. The van der Waals surface area contributed by atoms with Gasteiger partial charge in [0.15, 0.2) is 0 Å². The fraction of sp³-hybridized carbons (Fsp3) is 0.550. The van der Waals surface area contributed by atoms with Crippen molar-refractivity contribution in [3.8, 4) is 6.07 Å². The van der Waals surface area contributed by atoms with E-state index in [9.17, 15) is 32.7 Å². The van der Waals surface area contributed by atoms with Crippen LogP contribution in [0.25, 0.3) is 0 Å². The van der Waals surface area contributed by atoms with Gasteiger partial charge in [0.1, 0.15) is 5.82 Å². The number of unbranched alkanes of at least 4 members (excludes halogenated alkanes) is 1. The van der Waals surface area contributed by atoms with Crippen molar-refractivity contribution in [2.45, 2.75) is 57.7 Å². The third-order valence-electron chi connectivity index (χ3n) is 5.57. The smallest absolute Gasteiger partial charge is 0.389 e. The average molecular weight is 433 g/mol.